The number of hydrogen-bond donors (Lipinski definition) is 2. The number of carboxylic acids is 1. The van der Waals surface area contributed by atoms with Gasteiger partial charge in [0.2, 0.25) is 0 Å². The zero-order chi connectivity index (χ0) is 13.3. The fourth-order valence-electron chi connectivity index (χ4n) is 1.84. The van der Waals surface area contributed by atoms with Gasteiger partial charge in [0.05, 0.1) is 0 Å². The van der Waals surface area contributed by atoms with Gasteiger partial charge < -0.3 is 10.4 Å². The second-order valence-corrected chi connectivity index (χ2v) is 5.42. The van der Waals surface area contributed by atoms with E-state index in [1.165, 1.54) is 6.20 Å². The fourth-order valence-corrected chi connectivity index (χ4v) is 2.21. The van der Waals surface area contributed by atoms with Crippen molar-refractivity contribution in [2.75, 3.05) is 0 Å². The van der Waals surface area contributed by atoms with Crippen LogP contribution in [0.2, 0.25) is 0 Å². The Hall–Kier alpha value is -1.43. The van der Waals surface area contributed by atoms with Gasteiger partial charge in [0.1, 0.15) is 10.1 Å². The van der Waals surface area contributed by atoms with Crippen LogP contribution in [0.1, 0.15) is 30.1 Å². The highest BCUT2D eigenvalue weighted by molar-refractivity contribution is 9.10. The number of nitrogens with one attached hydrogen (secondary N) is 1. The number of carbonyl (C=O) groups excluding carboxylic acids is 1. The Morgan fingerprint density at radius 2 is 2.22 bits per heavy atom. The number of hydrogen-bond acceptors (Lipinski definition) is 3. The van der Waals surface area contributed by atoms with E-state index in [1.807, 2.05) is 0 Å². The molecular formula is C12H13BrN2O3. The maximum absolute atomic E-state index is 12.0. The van der Waals surface area contributed by atoms with E-state index in [0.717, 1.165) is 12.8 Å². The largest absolute Gasteiger partial charge is 0.480 e. The first kappa shape index (κ1) is 13.0. The highest BCUT2D eigenvalue weighted by Gasteiger charge is 2.48. The molecule has 0 spiro atoms. The molecular weight excluding hydrogens is 300 g/mol. The molecule has 2 rings (SSSR count). The molecule has 2 N–H and O–H groups in total. The van der Waals surface area contributed by atoms with E-state index in [4.69, 9.17) is 0 Å². The van der Waals surface area contributed by atoms with Gasteiger partial charge in [-0.15, -0.1) is 0 Å². The Balaban J connectivity index is 2.17. The summed E-state index contributed by atoms with van der Waals surface area (Å²) in [6.45, 7) is 1.56. The predicted molar refractivity (Wildman–Crippen MR) is 68.2 cm³/mol. The van der Waals surface area contributed by atoms with E-state index in [2.05, 4.69) is 26.2 Å². The minimum atomic E-state index is -1.19. The number of carboxylic acid groups (broad SMARTS) is 1. The molecule has 0 saturated heterocycles. The smallest absolute Gasteiger partial charge is 0.329 e. The number of carbonyl (C=O) groups is 2. The third-order valence-corrected chi connectivity index (χ3v) is 3.63. The summed E-state index contributed by atoms with van der Waals surface area (Å²) in [6.07, 6.45) is 3.17. The van der Waals surface area contributed by atoms with Crippen LogP contribution >= 0.6 is 15.9 Å². The van der Waals surface area contributed by atoms with Crippen molar-refractivity contribution in [3.05, 3.63) is 28.5 Å². The number of amides is 1. The quantitative estimate of drug-likeness (QED) is 0.831. The van der Waals surface area contributed by atoms with Crippen molar-refractivity contribution in [3.63, 3.8) is 0 Å². The Labute approximate surface area is 113 Å². The number of pyridine rings is 1. The number of nitrogens with zero attached hydrogens (tertiary/aromatic N) is 1. The Kier molecular flexibility index (Phi) is 3.38. The molecule has 0 aromatic carbocycles. The van der Waals surface area contributed by atoms with Crippen LogP contribution in [0.3, 0.4) is 0 Å². The van der Waals surface area contributed by atoms with Crippen molar-refractivity contribution in [2.45, 2.75) is 25.3 Å². The summed E-state index contributed by atoms with van der Waals surface area (Å²) in [5, 5.41) is 11.9. The molecule has 1 saturated carbocycles. The molecule has 96 valence electrons. The SMILES string of the molecule is CC(NC(=O)c1ccnc(Br)c1)(C(=O)O)C1CC1. The molecule has 1 unspecified atom stereocenters. The van der Waals surface area contributed by atoms with Gasteiger partial charge in [-0.3, -0.25) is 4.79 Å². The van der Waals surface area contributed by atoms with Crippen LogP contribution in [0.15, 0.2) is 22.9 Å². The third kappa shape index (κ3) is 2.53. The average Bonchev–Trinajstić information content (AvgIpc) is 3.12. The summed E-state index contributed by atoms with van der Waals surface area (Å²) >= 11 is 3.17. The number of halogens is 1. The molecule has 1 aromatic rings. The van der Waals surface area contributed by atoms with Crippen LogP contribution in [0.4, 0.5) is 0 Å². The second-order valence-electron chi connectivity index (χ2n) is 4.60. The van der Waals surface area contributed by atoms with E-state index < -0.39 is 17.4 Å². The lowest BCUT2D eigenvalue weighted by atomic mass is 9.95. The van der Waals surface area contributed by atoms with Crippen molar-refractivity contribution >= 4 is 27.8 Å². The van der Waals surface area contributed by atoms with Gasteiger partial charge in [-0.05, 0) is 53.7 Å². The predicted octanol–water partition coefficient (Wildman–Crippen LogP) is 1.83. The molecule has 0 aliphatic heterocycles. The van der Waals surface area contributed by atoms with Crippen LogP contribution in [0.25, 0.3) is 0 Å². The molecule has 1 atom stereocenters. The number of aromatic nitrogens is 1. The second kappa shape index (κ2) is 4.68. The van der Waals surface area contributed by atoms with Crippen LogP contribution in [0.5, 0.6) is 0 Å². The fraction of sp³-hybridized carbons (Fsp3) is 0.417. The summed E-state index contributed by atoms with van der Waals surface area (Å²) in [4.78, 5) is 27.2. The number of aliphatic carboxylic acids is 1. The normalized spacial score (nSPS) is 17.9. The molecule has 1 fully saturated rings. The van der Waals surface area contributed by atoms with Gasteiger partial charge >= 0.3 is 5.97 Å². The molecule has 1 aliphatic rings. The Bertz CT molecular complexity index is 502. The van der Waals surface area contributed by atoms with Crippen LogP contribution in [0, 0.1) is 5.92 Å². The lowest BCUT2D eigenvalue weighted by Crippen LogP contribution is -2.54. The summed E-state index contributed by atoms with van der Waals surface area (Å²) in [7, 11) is 0. The molecule has 6 heteroatoms. The van der Waals surface area contributed by atoms with Gasteiger partial charge in [0.25, 0.3) is 5.91 Å². The van der Waals surface area contributed by atoms with Crippen molar-refractivity contribution in [2.24, 2.45) is 5.92 Å². The van der Waals surface area contributed by atoms with E-state index in [0.29, 0.717) is 10.2 Å². The molecule has 1 aliphatic carbocycles. The van der Waals surface area contributed by atoms with Crippen LogP contribution in [-0.2, 0) is 4.79 Å². The van der Waals surface area contributed by atoms with E-state index in [9.17, 15) is 14.7 Å². The lowest BCUT2D eigenvalue weighted by Gasteiger charge is -2.26. The third-order valence-electron chi connectivity index (χ3n) is 3.20. The van der Waals surface area contributed by atoms with E-state index in [-0.39, 0.29) is 5.92 Å². The van der Waals surface area contributed by atoms with Crippen molar-refractivity contribution < 1.29 is 14.7 Å². The van der Waals surface area contributed by atoms with Gasteiger partial charge in [-0.25, -0.2) is 9.78 Å². The number of rotatable bonds is 4. The molecule has 18 heavy (non-hydrogen) atoms. The van der Waals surface area contributed by atoms with Gasteiger partial charge in [-0.2, -0.15) is 0 Å². The maximum Gasteiger partial charge on any atom is 0.329 e. The van der Waals surface area contributed by atoms with Gasteiger partial charge in [-0.1, -0.05) is 0 Å². The molecule has 0 radical (unpaired) electrons. The summed E-state index contributed by atoms with van der Waals surface area (Å²) in [5.74, 6) is -1.37. The first-order valence-electron chi connectivity index (χ1n) is 5.61. The topological polar surface area (TPSA) is 79.3 Å². The highest BCUT2D eigenvalue weighted by Crippen LogP contribution is 2.39. The lowest BCUT2D eigenvalue weighted by molar-refractivity contribution is -0.144. The Morgan fingerprint density at radius 1 is 1.56 bits per heavy atom. The molecule has 1 amide bonds. The summed E-state index contributed by atoms with van der Waals surface area (Å²) < 4.78 is 0.540. The zero-order valence-electron chi connectivity index (χ0n) is 9.81. The maximum atomic E-state index is 12.0. The van der Waals surface area contributed by atoms with E-state index >= 15 is 0 Å². The highest BCUT2D eigenvalue weighted by atomic mass is 79.9. The first-order chi connectivity index (χ1) is 8.43. The zero-order valence-corrected chi connectivity index (χ0v) is 11.4. The van der Waals surface area contributed by atoms with Crippen LogP contribution < -0.4 is 5.32 Å². The minimum Gasteiger partial charge on any atom is -0.480 e. The van der Waals surface area contributed by atoms with E-state index in [1.54, 1.807) is 19.1 Å². The summed E-state index contributed by atoms with van der Waals surface area (Å²) in [6, 6.07) is 3.11. The van der Waals surface area contributed by atoms with Crippen LogP contribution in [-0.4, -0.2) is 27.5 Å². The molecule has 1 aromatic heterocycles. The van der Waals surface area contributed by atoms with Crippen molar-refractivity contribution in [1.82, 2.24) is 10.3 Å². The Morgan fingerprint density at radius 3 is 2.72 bits per heavy atom. The molecule has 1 heterocycles. The summed E-state index contributed by atoms with van der Waals surface area (Å²) in [5.41, 5.74) is -0.794. The average molecular weight is 313 g/mol. The van der Waals surface area contributed by atoms with Crippen molar-refractivity contribution in [1.29, 1.82) is 0 Å². The first-order valence-corrected chi connectivity index (χ1v) is 6.40. The van der Waals surface area contributed by atoms with Gasteiger partial charge in [0.15, 0.2) is 0 Å². The monoisotopic (exact) mass is 312 g/mol. The minimum absolute atomic E-state index is 0.0178. The molecule has 0 bridgehead atoms. The van der Waals surface area contributed by atoms with Crippen molar-refractivity contribution in [3.8, 4) is 0 Å². The standard InChI is InChI=1S/C12H13BrN2O3/c1-12(11(17)18,8-2-3-8)15-10(16)7-4-5-14-9(13)6-7/h4-6,8H,2-3H2,1H3,(H,15,16)(H,17,18). The van der Waals surface area contributed by atoms with Gasteiger partial charge in [0, 0.05) is 11.8 Å². The molecule has 5 nitrogen and oxygen atoms in total.